The average molecular weight is 627 g/mol. The molecule has 5 rings (SSSR count). The summed E-state index contributed by atoms with van der Waals surface area (Å²) in [6, 6.07) is 9.89. The van der Waals surface area contributed by atoms with Gasteiger partial charge in [0, 0.05) is 61.1 Å². The summed E-state index contributed by atoms with van der Waals surface area (Å²) in [7, 11) is 1.69. The Bertz CT molecular complexity index is 1300. The summed E-state index contributed by atoms with van der Waals surface area (Å²) in [6.45, 7) is 3.84. The number of nitrogens with zero attached hydrogens (tertiary/aromatic N) is 2. The molecule has 2 aromatic carbocycles. The summed E-state index contributed by atoms with van der Waals surface area (Å²) in [5, 5.41) is 16.1. The number of anilines is 2. The molecule has 3 heterocycles. The maximum Gasteiger partial charge on any atom is 0.228 e. The number of aliphatic hydroxyl groups is 1. The van der Waals surface area contributed by atoms with Gasteiger partial charge in [0.2, 0.25) is 5.91 Å². The number of carbonyl (C=O) groups is 1. The highest BCUT2D eigenvalue weighted by Gasteiger charge is 2.31. The molecule has 10 heteroatoms. The summed E-state index contributed by atoms with van der Waals surface area (Å²) < 4.78 is 7.46. The van der Waals surface area contributed by atoms with Crippen LogP contribution in [-0.2, 0) is 16.0 Å². The van der Waals surface area contributed by atoms with Gasteiger partial charge < -0.3 is 25.0 Å². The van der Waals surface area contributed by atoms with Gasteiger partial charge in [-0.15, -0.1) is 11.3 Å². The quantitative estimate of drug-likeness (QED) is 0.259. The molecule has 0 bridgehead atoms. The zero-order chi connectivity index (χ0) is 26.1. The van der Waals surface area contributed by atoms with E-state index >= 15 is 0 Å². The second-order valence-corrected chi connectivity index (χ2v) is 12.7. The van der Waals surface area contributed by atoms with Gasteiger partial charge >= 0.3 is 0 Å². The first-order chi connectivity index (χ1) is 17.9. The molecule has 2 aliphatic rings. The van der Waals surface area contributed by atoms with E-state index < -0.39 is 6.23 Å². The van der Waals surface area contributed by atoms with Gasteiger partial charge in [-0.05, 0) is 65.9 Å². The number of likely N-dealkylation sites (tertiary alicyclic amines) is 1. The number of methoxy groups -OCH3 is 1. The van der Waals surface area contributed by atoms with Crippen LogP contribution in [0.3, 0.4) is 0 Å². The van der Waals surface area contributed by atoms with Crippen LogP contribution in [0.25, 0.3) is 10.8 Å². The first-order valence-corrected chi connectivity index (χ1v) is 14.9. The van der Waals surface area contributed by atoms with E-state index in [1.165, 1.54) is 11.3 Å². The molecule has 2 aliphatic heterocycles. The Kier molecular flexibility index (Phi) is 8.66. The largest absolute Gasteiger partial charge is 0.385 e. The molecule has 0 saturated carbocycles. The molecule has 3 aromatic rings. The highest BCUT2D eigenvalue weighted by molar-refractivity contribution is 9.10. The number of rotatable bonds is 9. The van der Waals surface area contributed by atoms with Crippen LogP contribution >= 0.6 is 50.5 Å². The van der Waals surface area contributed by atoms with Crippen molar-refractivity contribution in [2.75, 3.05) is 50.1 Å². The maximum atomic E-state index is 13.4. The molecular formula is C27H30BrCl2N3O3S. The van der Waals surface area contributed by atoms with Crippen LogP contribution < -0.4 is 10.2 Å². The number of thiophene rings is 1. The van der Waals surface area contributed by atoms with Gasteiger partial charge in [0.1, 0.15) is 4.34 Å². The van der Waals surface area contributed by atoms with Crippen molar-refractivity contribution in [3.8, 4) is 0 Å². The lowest BCUT2D eigenvalue weighted by Gasteiger charge is -2.32. The predicted octanol–water partition coefficient (Wildman–Crippen LogP) is 6.71. The minimum Gasteiger partial charge on any atom is -0.385 e. The van der Waals surface area contributed by atoms with Crippen molar-refractivity contribution >= 4 is 78.5 Å². The van der Waals surface area contributed by atoms with Gasteiger partial charge in [0.05, 0.1) is 14.7 Å². The van der Waals surface area contributed by atoms with E-state index in [2.05, 4.69) is 26.1 Å². The van der Waals surface area contributed by atoms with Crippen molar-refractivity contribution in [3.63, 3.8) is 0 Å². The van der Waals surface area contributed by atoms with E-state index in [0.29, 0.717) is 24.0 Å². The van der Waals surface area contributed by atoms with Crippen molar-refractivity contribution in [2.24, 2.45) is 5.92 Å². The lowest BCUT2D eigenvalue weighted by atomic mass is 9.96. The zero-order valence-corrected chi connectivity index (χ0v) is 24.5. The lowest BCUT2D eigenvalue weighted by Crippen LogP contribution is -2.41. The lowest BCUT2D eigenvalue weighted by molar-refractivity contribution is -0.121. The van der Waals surface area contributed by atoms with Crippen LogP contribution in [0.2, 0.25) is 8.67 Å². The number of benzene rings is 2. The first-order valence-electron chi connectivity index (χ1n) is 12.5. The average Bonchev–Trinajstić information content (AvgIpc) is 3.31. The topological polar surface area (TPSA) is 65.0 Å². The summed E-state index contributed by atoms with van der Waals surface area (Å²) in [5.41, 5.74) is 3.70. The molecule has 1 aromatic heterocycles. The third-order valence-electron chi connectivity index (χ3n) is 7.35. The Labute approximate surface area is 239 Å². The summed E-state index contributed by atoms with van der Waals surface area (Å²) in [5.74, 6) is -0.0448. The van der Waals surface area contributed by atoms with Gasteiger partial charge in [0.25, 0.3) is 0 Å². The van der Waals surface area contributed by atoms with E-state index in [4.69, 9.17) is 27.9 Å². The first kappa shape index (κ1) is 27.2. The van der Waals surface area contributed by atoms with Crippen molar-refractivity contribution in [1.82, 2.24) is 4.90 Å². The normalized spacial score (nSPS) is 19.6. The van der Waals surface area contributed by atoms with E-state index in [9.17, 15) is 9.90 Å². The molecule has 1 fully saturated rings. The van der Waals surface area contributed by atoms with E-state index in [-0.39, 0.29) is 11.8 Å². The number of aliphatic hydroxyl groups excluding tert-OH is 1. The third kappa shape index (κ3) is 5.53. The number of hydrogen-bond donors (Lipinski definition) is 2. The highest BCUT2D eigenvalue weighted by Crippen LogP contribution is 2.45. The van der Waals surface area contributed by atoms with Crippen molar-refractivity contribution in [1.29, 1.82) is 0 Å². The standard InChI is InChI=1S/C27H30BrCl2N3O3S/c1-36-14-4-12-33-21-9-8-20(17-6-2-7-18(22(17)21)27(33)35)31-26(34)16-5-3-11-32(15-16)13-10-19-23(28)25(30)37-24(19)29/h2,6-9,16,27,35H,3-5,10-15H2,1H3,(H,31,34). The van der Waals surface area contributed by atoms with Crippen molar-refractivity contribution in [3.05, 3.63) is 54.6 Å². The number of halogens is 3. The second kappa shape index (κ2) is 11.8. The molecule has 6 nitrogen and oxygen atoms in total. The molecule has 0 spiro atoms. The van der Waals surface area contributed by atoms with Crippen LogP contribution in [0.15, 0.2) is 34.8 Å². The second-order valence-electron chi connectivity index (χ2n) is 9.64. The van der Waals surface area contributed by atoms with E-state index in [1.807, 2.05) is 35.2 Å². The van der Waals surface area contributed by atoms with Crippen LogP contribution in [0, 0.1) is 5.92 Å². The molecule has 1 amide bonds. The maximum absolute atomic E-state index is 13.4. The SMILES string of the molecule is COCCCN1c2ccc(NC(=O)C3CCCN(CCc4c(Cl)sc(Cl)c4Br)C3)c3cccc(c23)C1O. The summed E-state index contributed by atoms with van der Waals surface area (Å²) >= 11 is 17.5. The highest BCUT2D eigenvalue weighted by atomic mass is 79.9. The van der Waals surface area contributed by atoms with E-state index in [1.54, 1.807) is 7.11 Å². The smallest absolute Gasteiger partial charge is 0.228 e. The van der Waals surface area contributed by atoms with Crippen LogP contribution in [-0.4, -0.2) is 55.8 Å². The van der Waals surface area contributed by atoms with Gasteiger partial charge in [-0.1, -0.05) is 41.4 Å². The Hall–Kier alpha value is -1.39. The molecular weight excluding hydrogens is 597 g/mol. The number of ether oxygens (including phenoxy) is 1. The summed E-state index contributed by atoms with van der Waals surface area (Å²) in [4.78, 5) is 17.7. The number of carbonyl (C=O) groups excluding carboxylic acids is 1. The molecule has 2 atom stereocenters. The van der Waals surface area contributed by atoms with Gasteiger partial charge in [-0.25, -0.2) is 0 Å². The number of nitrogens with one attached hydrogen (secondary N) is 1. The minimum absolute atomic E-state index is 0.0405. The number of amides is 1. The van der Waals surface area contributed by atoms with Crippen molar-refractivity contribution in [2.45, 2.75) is 31.9 Å². The van der Waals surface area contributed by atoms with Crippen LogP contribution in [0.1, 0.15) is 36.6 Å². The van der Waals surface area contributed by atoms with Gasteiger partial charge in [-0.3, -0.25) is 4.79 Å². The predicted molar refractivity (Wildman–Crippen MR) is 156 cm³/mol. The summed E-state index contributed by atoms with van der Waals surface area (Å²) in [6.07, 6.45) is 2.76. The molecule has 2 unspecified atom stereocenters. The number of piperidine rings is 1. The van der Waals surface area contributed by atoms with Crippen LogP contribution in [0.5, 0.6) is 0 Å². The molecule has 1 saturated heterocycles. The Morgan fingerprint density at radius 3 is 2.84 bits per heavy atom. The Balaban J connectivity index is 1.27. The van der Waals surface area contributed by atoms with Gasteiger partial charge in [-0.2, -0.15) is 0 Å². The fourth-order valence-electron chi connectivity index (χ4n) is 5.48. The minimum atomic E-state index is -0.694. The zero-order valence-electron chi connectivity index (χ0n) is 20.6. The number of hydrogen-bond acceptors (Lipinski definition) is 6. The fraction of sp³-hybridized carbons (Fsp3) is 0.444. The van der Waals surface area contributed by atoms with Gasteiger partial charge in [0.15, 0.2) is 6.23 Å². The molecule has 37 heavy (non-hydrogen) atoms. The monoisotopic (exact) mass is 625 g/mol. The van der Waals surface area contributed by atoms with E-state index in [0.717, 1.165) is 80.9 Å². The Morgan fingerprint density at radius 2 is 2.08 bits per heavy atom. The third-order valence-corrected chi connectivity index (χ3v) is 10.4. The Morgan fingerprint density at radius 1 is 1.24 bits per heavy atom. The van der Waals surface area contributed by atoms with Crippen LogP contribution in [0.4, 0.5) is 11.4 Å². The van der Waals surface area contributed by atoms with Crippen molar-refractivity contribution < 1.29 is 14.6 Å². The fourth-order valence-corrected chi connectivity index (χ4v) is 7.94. The molecule has 2 N–H and O–H groups in total. The molecule has 0 aliphatic carbocycles. The molecule has 0 radical (unpaired) electrons. The molecule has 198 valence electrons.